The van der Waals surface area contributed by atoms with Crippen LogP contribution in [0.25, 0.3) is 21.6 Å². The Morgan fingerprint density at radius 2 is 1.77 bits per heavy atom. The summed E-state index contributed by atoms with van der Waals surface area (Å²) in [5.74, 6) is 0.263. The molecule has 2 heterocycles. The van der Waals surface area contributed by atoms with Gasteiger partial charge in [0.05, 0.1) is 17.5 Å². The van der Waals surface area contributed by atoms with E-state index < -0.39 is 5.91 Å². The number of carbonyl (C=O) groups excluding carboxylic acids is 2. The molecule has 0 aliphatic rings. The second-order valence-corrected chi connectivity index (χ2v) is 8.43. The van der Waals surface area contributed by atoms with Gasteiger partial charge in [0.1, 0.15) is 16.5 Å². The van der Waals surface area contributed by atoms with Crippen LogP contribution in [0.15, 0.2) is 53.9 Å². The molecule has 158 valence electrons. The molecule has 0 unspecified atom stereocenters. The largest absolute Gasteiger partial charge is 0.331 e. The van der Waals surface area contributed by atoms with Crippen molar-refractivity contribution in [3.05, 3.63) is 71.0 Å². The van der Waals surface area contributed by atoms with Crippen LogP contribution in [0.1, 0.15) is 41.6 Å². The Hall–Kier alpha value is -3.52. The molecule has 0 radical (unpaired) electrons. The molecule has 0 spiro atoms. The van der Waals surface area contributed by atoms with Gasteiger partial charge in [-0.1, -0.05) is 50.2 Å². The number of rotatable bonds is 5. The maximum absolute atomic E-state index is 12.4. The first-order valence-electron chi connectivity index (χ1n) is 9.97. The van der Waals surface area contributed by atoms with E-state index in [-0.39, 0.29) is 18.0 Å². The van der Waals surface area contributed by atoms with E-state index >= 15 is 0 Å². The molecule has 0 aliphatic heterocycles. The molecular weight excluding hydrogens is 410 g/mol. The van der Waals surface area contributed by atoms with Gasteiger partial charge in [0.15, 0.2) is 0 Å². The Labute approximate surface area is 184 Å². The lowest BCUT2D eigenvalue weighted by Gasteiger charge is -2.06. The third-order valence-corrected chi connectivity index (χ3v) is 5.97. The van der Waals surface area contributed by atoms with Crippen molar-refractivity contribution in [2.75, 3.05) is 0 Å². The molecule has 0 aliphatic carbocycles. The van der Waals surface area contributed by atoms with Gasteiger partial charge in [-0.3, -0.25) is 20.4 Å². The highest BCUT2D eigenvalue weighted by Crippen LogP contribution is 2.25. The number of hydrazine groups is 1. The van der Waals surface area contributed by atoms with Gasteiger partial charge in [0, 0.05) is 18.0 Å². The van der Waals surface area contributed by atoms with E-state index in [4.69, 9.17) is 0 Å². The van der Waals surface area contributed by atoms with E-state index in [0.717, 1.165) is 21.6 Å². The zero-order chi connectivity index (χ0) is 22.0. The van der Waals surface area contributed by atoms with Crippen LogP contribution in [0.3, 0.4) is 0 Å². The van der Waals surface area contributed by atoms with Crippen molar-refractivity contribution in [3.8, 4) is 10.6 Å². The van der Waals surface area contributed by atoms with Gasteiger partial charge in [-0.2, -0.15) is 0 Å². The molecule has 0 atom stereocenters. The third kappa shape index (κ3) is 4.49. The monoisotopic (exact) mass is 433 g/mol. The van der Waals surface area contributed by atoms with Crippen LogP contribution in [-0.2, 0) is 18.3 Å². The molecule has 0 saturated heterocycles. The van der Waals surface area contributed by atoms with Crippen LogP contribution in [0.2, 0.25) is 0 Å². The van der Waals surface area contributed by atoms with E-state index in [9.17, 15) is 9.59 Å². The Morgan fingerprint density at radius 3 is 2.48 bits per heavy atom. The minimum absolute atomic E-state index is 0.0516. The number of benzene rings is 2. The van der Waals surface area contributed by atoms with Crippen LogP contribution in [-0.4, -0.2) is 26.3 Å². The highest BCUT2D eigenvalue weighted by Gasteiger charge is 2.15. The minimum Gasteiger partial charge on any atom is -0.331 e. The Bertz CT molecular complexity index is 1240. The van der Waals surface area contributed by atoms with Crippen LogP contribution in [0.5, 0.6) is 0 Å². The molecule has 0 fully saturated rings. The summed E-state index contributed by atoms with van der Waals surface area (Å²) in [4.78, 5) is 33.6. The highest BCUT2D eigenvalue weighted by molar-refractivity contribution is 7.13. The van der Waals surface area contributed by atoms with Gasteiger partial charge in [-0.15, -0.1) is 11.3 Å². The number of nitrogens with zero attached hydrogens (tertiary/aromatic N) is 3. The first-order chi connectivity index (χ1) is 14.9. The van der Waals surface area contributed by atoms with Crippen LogP contribution >= 0.6 is 11.3 Å². The fourth-order valence-electron chi connectivity index (χ4n) is 3.25. The van der Waals surface area contributed by atoms with E-state index in [1.54, 1.807) is 5.38 Å². The number of fused-ring (bicyclic) bond motifs is 1. The molecule has 0 bridgehead atoms. The van der Waals surface area contributed by atoms with Crippen molar-refractivity contribution in [3.63, 3.8) is 0 Å². The predicted molar refractivity (Wildman–Crippen MR) is 122 cm³/mol. The average molecular weight is 434 g/mol. The first-order valence-corrected chi connectivity index (χ1v) is 10.9. The van der Waals surface area contributed by atoms with E-state index in [1.165, 1.54) is 16.9 Å². The van der Waals surface area contributed by atoms with Crippen LogP contribution in [0.4, 0.5) is 0 Å². The van der Waals surface area contributed by atoms with Crippen molar-refractivity contribution in [1.29, 1.82) is 0 Å². The fraction of sp³-hybridized carbons (Fsp3) is 0.217. The number of carbonyl (C=O) groups is 2. The molecule has 7 nitrogen and oxygen atoms in total. The minimum atomic E-state index is -0.459. The Balaban J connectivity index is 1.36. The second-order valence-electron chi connectivity index (χ2n) is 7.57. The van der Waals surface area contributed by atoms with Gasteiger partial charge in [0.2, 0.25) is 5.91 Å². The zero-order valence-electron chi connectivity index (χ0n) is 17.5. The predicted octanol–water partition coefficient (Wildman–Crippen LogP) is 3.82. The summed E-state index contributed by atoms with van der Waals surface area (Å²) in [6, 6.07) is 15.8. The fourth-order valence-corrected chi connectivity index (χ4v) is 4.06. The number of nitrogens with one attached hydrogen (secondary N) is 2. The van der Waals surface area contributed by atoms with Gasteiger partial charge >= 0.3 is 0 Å². The van der Waals surface area contributed by atoms with Gasteiger partial charge in [-0.05, 0) is 23.6 Å². The molecule has 2 aromatic heterocycles. The van der Waals surface area contributed by atoms with Crippen LogP contribution in [0, 0.1) is 0 Å². The standard InChI is InChI=1S/C23H23N5O2S/c1-14(2)15-8-10-16(11-9-15)23-25-18(13-31-23)22(30)27-26-21(29)12-20-24-17-6-4-5-7-19(17)28(20)3/h4-11,13-14H,12H2,1-3H3,(H,26,29)(H,27,30). The second kappa shape index (κ2) is 8.69. The lowest BCUT2D eigenvalue weighted by molar-refractivity contribution is -0.121. The molecule has 31 heavy (non-hydrogen) atoms. The lowest BCUT2D eigenvalue weighted by atomic mass is 10.0. The van der Waals surface area contributed by atoms with Crippen LogP contribution < -0.4 is 10.9 Å². The molecular formula is C23H23N5O2S. The number of hydrogen-bond donors (Lipinski definition) is 2. The summed E-state index contributed by atoms with van der Waals surface area (Å²) in [6.45, 7) is 4.29. The summed E-state index contributed by atoms with van der Waals surface area (Å²) < 4.78 is 1.87. The van der Waals surface area contributed by atoms with Crippen molar-refractivity contribution in [2.45, 2.75) is 26.2 Å². The molecule has 0 saturated carbocycles. The quantitative estimate of drug-likeness (QED) is 0.468. The number of imidazole rings is 1. The first kappa shape index (κ1) is 20.7. The van der Waals surface area contributed by atoms with Crippen molar-refractivity contribution in [2.24, 2.45) is 7.05 Å². The third-order valence-electron chi connectivity index (χ3n) is 5.08. The molecule has 2 amide bonds. The Kier molecular flexibility index (Phi) is 5.81. The lowest BCUT2D eigenvalue weighted by Crippen LogP contribution is -2.42. The van der Waals surface area contributed by atoms with Crippen molar-refractivity contribution < 1.29 is 9.59 Å². The number of amides is 2. The smallest absolute Gasteiger partial charge is 0.289 e. The summed E-state index contributed by atoms with van der Waals surface area (Å²) in [5, 5.41) is 2.44. The van der Waals surface area contributed by atoms with E-state index in [1.807, 2.05) is 48.0 Å². The summed E-state index contributed by atoms with van der Waals surface area (Å²) in [5.41, 5.74) is 9.12. The number of para-hydroxylation sites is 2. The number of hydrogen-bond acceptors (Lipinski definition) is 5. The molecule has 2 N–H and O–H groups in total. The molecule has 4 rings (SSSR count). The maximum atomic E-state index is 12.4. The highest BCUT2D eigenvalue weighted by atomic mass is 32.1. The summed E-state index contributed by atoms with van der Waals surface area (Å²) in [6.07, 6.45) is 0.0516. The van der Waals surface area contributed by atoms with Crippen molar-refractivity contribution >= 4 is 34.2 Å². The number of aryl methyl sites for hydroxylation is 1. The van der Waals surface area contributed by atoms with Gasteiger partial charge in [0.25, 0.3) is 5.91 Å². The number of aromatic nitrogens is 3. The summed E-state index contributed by atoms with van der Waals surface area (Å²) >= 11 is 1.39. The molecule has 4 aromatic rings. The van der Waals surface area contributed by atoms with E-state index in [0.29, 0.717) is 11.7 Å². The average Bonchev–Trinajstić information content (AvgIpc) is 3.38. The normalized spacial score (nSPS) is 11.1. The zero-order valence-corrected chi connectivity index (χ0v) is 18.4. The Morgan fingerprint density at radius 1 is 1.03 bits per heavy atom. The van der Waals surface area contributed by atoms with Gasteiger partial charge in [-0.25, -0.2) is 9.97 Å². The SMILES string of the molecule is CC(C)c1ccc(-c2nc(C(=O)NNC(=O)Cc3nc4ccccc4n3C)cs2)cc1. The molecule has 8 heteroatoms. The number of thiazole rings is 1. The summed E-state index contributed by atoms with van der Waals surface area (Å²) in [7, 11) is 1.86. The van der Waals surface area contributed by atoms with E-state index in [2.05, 4.69) is 46.8 Å². The van der Waals surface area contributed by atoms with Gasteiger partial charge < -0.3 is 4.57 Å². The maximum Gasteiger partial charge on any atom is 0.289 e. The van der Waals surface area contributed by atoms with Crippen molar-refractivity contribution in [1.82, 2.24) is 25.4 Å². The topological polar surface area (TPSA) is 88.9 Å². The molecule has 2 aromatic carbocycles.